The standard InChI is InChI=1S/C28H33NO6.C15H18O3.C2H7N.16CH4/c1-4-29-25(30)23(15-17(2)19-11-7-5-8-12-19)24(26(31)32)22(20-13-9-6-10-14-20)16-21-18(3)27(33)35-28(21)34;1-10(12-6-4-3-5-7-12)8-13-9-11(2)14(16)18-15(13)17;1-2-3;;;;;;;;;;;;;;;;/h5-14,17-18,21-24H,4,15-16H2,1-3H3,(H,29,30)(H,31,32);3-7,10-11,13H,8-9H2,1-2H3;2-3H2,1H3;16*1H4. The number of nitrogens with two attached hydrogens (primary N) is 1. The number of nitrogens with one attached hydrogen (secondary N) is 1. The maximum Gasteiger partial charge on any atom is 0.317 e. The molecule has 11 heteroatoms. The molecule has 0 radical (unpaired) electrons. The first-order valence-electron chi connectivity index (χ1n) is 19.6. The van der Waals surface area contributed by atoms with E-state index in [4.69, 9.17) is 15.2 Å². The molecule has 72 heavy (non-hydrogen) atoms. The highest BCUT2D eigenvalue weighted by atomic mass is 16.6. The number of carbonyl (C=O) groups excluding carboxylic acids is 5. The van der Waals surface area contributed by atoms with Gasteiger partial charge in [-0.25, -0.2) is 0 Å². The minimum atomic E-state index is -1.11. The molecule has 1 amide bonds. The van der Waals surface area contributed by atoms with Crippen molar-refractivity contribution in [2.24, 2.45) is 41.2 Å². The van der Waals surface area contributed by atoms with Crippen LogP contribution in [0.2, 0.25) is 0 Å². The van der Waals surface area contributed by atoms with E-state index in [0.717, 1.165) is 18.5 Å². The van der Waals surface area contributed by atoms with Gasteiger partial charge in [0.2, 0.25) is 5.91 Å². The Labute approximate surface area is 448 Å². The lowest BCUT2D eigenvalue weighted by Crippen LogP contribution is -2.42. The van der Waals surface area contributed by atoms with Crippen LogP contribution in [-0.4, -0.2) is 53.9 Å². The van der Waals surface area contributed by atoms with Gasteiger partial charge in [0, 0.05) is 6.54 Å². The van der Waals surface area contributed by atoms with E-state index in [0.29, 0.717) is 30.9 Å². The van der Waals surface area contributed by atoms with Gasteiger partial charge in [-0.1, -0.05) is 244 Å². The third-order valence-electron chi connectivity index (χ3n) is 10.6. The number of hydrogen-bond donors (Lipinski definition) is 3. The van der Waals surface area contributed by atoms with Crippen molar-refractivity contribution in [1.29, 1.82) is 0 Å². The molecular formula is C61H122N2O9. The number of hydrogen-bond acceptors (Lipinski definition) is 9. The van der Waals surface area contributed by atoms with Gasteiger partial charge in [-0.2, -0.15) is 0 Å². The Morgan fingerprint density at radius 1 is 0.583 bits per heavy atom. The topological polar surface area (TPSA) is 179 Å². The van der Waals surface area contributed by atoms with Crippen LogP contribution in [0.4, 0.5) is 0 Å². The molecule has 5 rings (SSSR count). The second kappa shape index (κ2) is 52.2. The number of carboxylic acid groups (broad SMARTS) is 1. The Bertz CT molecular complexity index is 1740. The molecule has 3 aromatic carbocycles. The summed E-state index contributed by atoms with van der Waals surface area (Å²) in [4.78, 5) is 73.5. The lowest BCUT2D eigenvalue weighted by atomic mass is 9.69. The number of ether oxygens (including phenoxy) is 2. The molecule has 3 aromatic rings. The van der Waals surface area contributed by atoms with Gasteiger partial charge in [0.15, 0.2) is 0 Å². The van der Waals surface area contributed by atoms with Gasteiger partial charge < -0.3 is 25.6 Å². The number of esters is 4. The molecular weight excluding hydrogens is 905 g/mol. The summed E-state index contributed by atoms with van der Waals surface area (Å²) in [6.07, 6.45) is 1.76. The Morgan fingerprint density at radius 3 is 1.32 bits per heavy atom. The zero-order chi connectivity index (χ0) is 41.4. The van der Waals surface area contributed by atoms with Crippen LogP contribution in [0.1, 0.15) is 220 Å². The lowest BCUT2D eigenvalue weighted by Gasteiger charge is -2.33. The van der Waals surface area contributed by atoms with E-state index >= 15 is 0 Å². The average Bonchev–Trinajstić information content (AvgIpc) is 3.43. The van der Waals surface area contributed by atoms with Crippen molar-refractivity contribution >= 4 is 35.8 Å². The molecule has 9 unspecified atom stereocenters. The van der Waals surface area contributed by atoms with Gasteiger partial charge in [-0.05, 0) is 73.6 Å². The summed E-state index contributed by atoms with van der Waals surface area (Å²) in [5.41, 5.74) is 7.79. The van der Waals surface area contributed by atoms with Crippen LogP contribution in [0.15, 0.2) is 91.0 Å². The highest BCUT2D eigenvalue weighted by Crippen LogP contribution is 2.43. The minimum Gasteiger partial charge on any atom is -0.481 e. The summed E-state index contributed by atoms with van der Waals surface area (Å²) in [7, 11) is 0. The highest BCUT2D eigenvalue weighted by Gasteiger charge is 2.47. The molecule has 2 heterocycles. The summed E-state index contributed by atoms with van der Waals surface area (Å²) in [5, 5.41) is 13.3. The molecule has 4 N–H and O–H groups in total. The summed E-state index contributed by atoms with van der Waals surface area (Å²) in [6.45, 7) is 12.3. The van der Waals surface area contributed by atoms with Crippen molar-refractivity contribution < 1.29 is 43.3 Å². The third-order valence-corrected chi connectivity index (χ3v) is 10.6. The monoisotopic (exact) mass is 1030 g/mol. The predicted molar refractivity (Wildman–Crippen MR) is 321 cm³/mol. The largest absolute Gasteiger partial charge is 0.481 e. The summed E-state index contributed by atoms with van der Waals surface area (Å²) >= 11 is 0. The summed E-state index contributed by atoms with van der Waals surface area (Å²) in [5.74, 6) is -7.60. The molecule has 0 spiro atoms. The fourth-order valence-electron chi connectivity index (χ4n) is 7.48. The van der Waals surface area contributed by atoms with E-state index < -0.39 is 47.5 Å². The van der Waals surface area contributed by atoms with E-state index in [1.807, 2.05) is 87.5 Å². The number of carboxylic acids is 1. The molecule has 11 nitrogen and oxygen atoms in total. The first-order chi connectivity index (χ1) is 26.7. The number of benzene rings is 3. The van der Waals surface area contributed by atoms with Crippen molar-refractivity contribution in [1.82, 2.24) is 5.32 Å². The number of carbonyl (C=O) groups is 6. The number of rotatable bonds is 14. The van der Waals surface area contributed by atoms with Crippen molar-refractivity contribution in [3.63, 3.8) is 0 Å². The van der Waals surface area contributed by atoms with Gasteiger partial charge in [0.25, 0.3) is 0 Å². The maximum atomic E-state index is 13.3. The smallest absolute Gasteiger partial charge is 0.317 e. The SMILES string of the molecule is C.C.C.C.C.C.C.C.C.C.C.C.C.C.C.C.CC1CC(CC(C)c2ccccc2)C(=O)OC1=O.CCN.CCNC(=O)C(CC(C)c1ccccc1)C(C(=O)O)C(CC1C(=O)OC(=O)C1C)c1ccccc1. The minimum absolute atomic E-state index is 0. The average molecular weight is 1030 g/mol. The van der Waals surface area contributed by atoms with Gasteiger partial charge in [-0.15, -0.1) is 0 Å². The van der Waals surface area contributed by atoms with Crippen LogP contribution in [0.3, 0.4) is 0 Å². The van der Waals surface area contributed by atoms with E-state index in [9.17, 15) is 33.9 Å². The van der Waals surface area contributed by atoms with Crippen molar-refractivity contribution in [3.8, 4) is 0 Å². The van der Waals surface area contributed by atoms with E-state index in [2.05, 4.69) is 24.4 Å². The molecule has 2 fully saturated rings. The zero-order valence-electron chi connectivity index (χ0n) is 33.4. The molecule has 0 saturated carbocycles. The molecule has 430 valence electrons. The Hall–Kier alpha value is -5.16. The summed E-state index contributed by atoms with van der Waals surface area (Å²) < 4.78 is 9.60. The second-order valence-corrected chi connectivity index (χ2v) is 14.8. The fraction of sp³-hybridized carbons (Fsp3) is 0.607. The van der Waals surface area contributed by atoms with Gasteiger partial charge in [-0.3, -0.25) is 28.8 Å². The van der Waals surface area contributed by atoms with Crippen LogP contribution in [0.25, 0.3) is 0 Å². The van der Waals surface area contributed by atoms with Crippen LogP contribution < -0.4 is 11.1 Å². The van der Waals surface area contributed by atoms with Gasteiger partial charge in [0.05, 0.1) is 35.5 Å². The fourth-order valence-corrected chi connectivity index (χ4v) is 7.48. The second-order valence-electron chi connectivity index (χ2n) is 14.8. The summed E-state index contributed by atoms with van der Waals surface area (Å²) in [6, 6.07) is 28.8. The lowest BCUT2D eigenvalue weighted by molar-refractivity contribution is -0.172. The molecule has 2 aliphatic heterocycles. The van der Waals surface area contributed by atoms with Crippen LogP contribution in [0.5, 0.6) is 0 Å². The highest BCUT2D eigenvalue weighted by molar-refractivity contribution is 5.96. The number of cyclic esters (lactones) is 4. The molecule has 9 atom stereocenters. The first kappa shape index (κ1) is 104. The Balaban J connectivity index is -0.0000000667. The van der Waals surface area contributed by atoms with E-state index in [-0.39, 0.29) is 161 Å². The maximum absolute atomic E-state index is 13.3. The van der Waals surface area contributed by atoms with Crippen molar-refractivity contribution in [2.45, 2.75) is 204 Å². The number of aliphatic carboxylic acids is 1. The predicted octanol–water partition coefficient (Wildman–Crippen LogP) is 17.2. The van der Waals surface area contributed by atoms with Crippen molar-refractivity contribution in [3.05, 3.63) is 108 Å². The van der Waals surface area contributed by atoms with Gasteiger partial charge in [0.1, 0.15) is 0 Å². The van der Waals surface area contributed by atoms with Crippen LogP contribution >= 0.6 is 0 Å². The third kappa shape index (κ3) is 30.0. The number of amides is 1. The van der Waals surface area contributed by atoms with Crippen LogP contribution in [0, 0.1) is 35.5 Å². The molecule has 0 aliphatic carbocycles. The van der Waals surface area contributed by atoms with Crippen molar-refractivity contribution in [2.75, 3.05) is 13.1 Å². The van der Waals surface area contributed by atoms with Gasteiger partial charge >= 0.3 is 29.8 Å². The Morgan fingerprint density at radius 2 is 0.958 bits per heavy atom. The quantitative estimate of drug-likeness (QED) is 0.104. The van der Waals surface area contributed by atoms with Crippen LogP contribution in [-0.2, 0) is 38.2 Å². The van der Waals surface area contributed by atoms with E-state index in [1.54, 1.807) is 26.0 Å². The molecule has 0 bridgehead atoms. The first-order valence-corrected chi connectivity index (χ1v) is 19.6. The molecule has 2 aliphatic rings. The zero-order valence-corrected chi connectivity index (χ0v) is 33.4. The van der Waals surface area contributed by atoms with E-state index in [1.165, 1.54) is 5.56 Å². The molecule has 2 saturated heterocycles. The normalized spacial score (nSPS) is 16.9. The molecule has 0 aromatic heterocycles. The Kier molecular flexibility index (Phi) is 75.2.